The summed E-state index contributed by atoms with van der Waals surface area (Å²) in [6, 6.07) is 1.19. The molecule has 0 saturated heterocycles. The maximum absolute atomic E-state index is 5.57. The highest BCUT2D eigenvalue weighted by atomic mass is 16.5. The fourth-order valence-corrected chi connectivity index (χ4v) is 2.60. The summed E-state index contributed by atoms with van der Waals surface area (Å²) in [5.74, 6) is 0. The highest BCUT2D eigenvalue weighted by molar-refractivity contribution is 4.85. The fraction of sp³-hybridized carbons (Fsp3) is 0.857. The van der Waals surface area contributed by atoms with Gasteiger partial charge in [0.15, 0.2) is 0 Å². The molecule has 1 rings (SSSR count). The van der Waals surface area contributed by atoms with Crippen molar-refractivity contribution >= 4 is 0 Å². The lowest BCUT2D eigenvalue weighted by Gasteiger charge is -2.34. The first-order valence-electron chi connectivity index (χ1n) is 6.71. The van der Waals surface area contributed by atoms with Crippen molar-refractivity contribution in [3.63, 3.8) is 0 Å². The molecule has 1 aliphatic rings. The van der Waals surface area contributed by atoms with Crippen LogP contribution in [0.1, 0.15) is 51.9 Å². The van der Waals surface area contributed by atoms with Gasteiger partial charge in [0, 0.05) is 19.2 Å². The van der Waals surface area contributed by atoms with E-state index in [0.29, 0.717) is 18.2 Å². The SMILES string of the molecule is C=CCCC(CC)NC1CCCCC1OC. The predicted octanol–water partition coefficient (Wildman–Crippen LogP) is 3.28. The first kappa shape index (κ1) is 13.7. The molecule has 1 aliphatic carbocycles. The van der Waals surface area contributed by atoms with E-state index in [9.17, 15) is 0 Å². The molecule has 1 N–H and O–H groups in total. The Bertz CT molecular complexity index is 193. The standard InChI is InChI=1S/C14H27NO/c1-4-6-9-12(5-2)15-13-10-7-8-11-14(13)16-3/h4,12-15H,1,5-11H2,2-3H3. The lowest BCUT2D eigenvalue weighted by Crippen LogP contribution is -2.47. The Labute approximate surface area is 100 Å². The average molecular weight is 225 g/mol. The third kappa shape index (κ3) is 4.26. The van der Waals surface area contributed by atoms with Gasteiger partial charge in [-0.25, -0.2) is 0 Å². The van der Waals surface area contributed by atoms with Gasteiger partial charge in [-0.1, -0.05) is 25.8 Å². The van der Waals surface area contributed by atoms with Crippen molar-refractivity contribution < 1.29 is 4.74 Å². The van der Waals surface area contributed by atoms with Gasteiger partial charge in [0.05, 0.1) is 6.10 Å². The molecule has 0 radical (unpaired) electrons. The third-order valence-corrected chi connectivity index (χ3v) is 3.67. The molecule has 94 valence electrons. The summed E-state index contributed by atoms with van der Waals surface area (Å²) < 4.78 is 5.57. The van der Waals surface area contributed by atoms with Crippen LogP contribution in [0, 0.1) is 0 Å². The number of allylic oxidation sites excluding steroid dienone is 1. The van der Waals surface area contributed by atoms with Crippen molar-refractivity contribution in [2.75, 3.05) is 7.11 Å². The monoisotopic (exact) mass is 225 g/mol. The Morgan fingerprint density at radius 2 is 2.19 bits per heavy atom. The highest BCUT2D eigenvalue weighted by Crippen LogP contribution is 2.22. The number of ether oxygens (including phenoxy) is 1. The van der Waals surface area contributed by atoms with Gasteiger partial charge in [-0.3, -0.25) is 0 Å². The summed E-state index contributed by atoms with van der Waals surface area (Å²) in [6.07, 6.45) is 11.1. The van der Waals surface area contributed by atoms with Gasteiger partial charge in [-0.15, -0.1) is 6.58 Å². The van der Waals surface area contributed by atoms with E-state index >= 15 is 0 Å². The highest BCUT2D eigenvalue weighted by Gasteiger charge is 2.26. The molecule has 0 bridgehead atoms. The molecule has 1 saturated carbocycles. The summed E-state index contributed by atoms with van der Waals surface area (Å²) >= 11 is 0. The van der Waals surface area contributed by atoms with E-state index < -0.39 is 0 Å². The van der Waals surface area contributed by atoms with Gasteiger partial charge < -0.3 is 10.1 Å². The lowest BCUT2D eigenvalue weighted by molar-refractivity contribution is 0.0371. The molecule has 3 unspecified atom stereocenters. The average Bonchev–Trinajstić information content (AvgIpc) is 2.34. The Morgan fingerprint density at radius 1 is 1.44 bits per heavy atom. The molecule has 0 amide bonds. The van der Waals surface area contributed by atoms with Crippen molar-refractivity contribution in [3.8, 4) is 0 Å². The number of nitrogens with one attached hydrogen (secondary N) is 1. The smallest absolute Gasteiger partial charge is 0.0724 e. The van der Waals surface area contributed by atoms with E-state index in [-0.39, 0.29) is 0 Å². The Balaban J connectivity index is 2.38. The molecule has 0 aliphatic heterocycles. The lowest BCUT2D eigenvalue weighted by atomic mass is 9.91. The van der Waals surface area contributed by atoms with Gasteiger partial charge in [-0.05, 0) is 32.1 Å². The van der Waals surface area contributed by atoms with Gasteiger partial charge in [-0.2, -0.15) is 0 Å². The number of rotatable bonds is 7. The van der Waals surface area contributed by atoms with Crippen LogP contribution >= 0.6 is 0 Å². The van der Waals surface area contributed by atoms with Gasteiger partial charge in [0.1, 0.15) is 0 Å². The summed E-state index contributed by atoms with van der Waals surface area (Å²) in [5.41, 5.74) is 0. The van der Waals surface area contributed by atoms with Crippen LogP contribution in [0.25, 0.3) is 0 Å². The first-order valence-corrected chi connectivity index (χ1v) is 6.71. The maximum Gasteiger partial charge on any atom is 0.0724 e. The van der Waals surface area contributed by atoms with Crippen LogP contribution in [0.15, 0.2) is 12.7 Å². The van der Waals surface area contributed by atoms with Crippen molar-refractivity contribution in [1.82, 2.24) is 5.32 Å². The normalized spacial score (nSPS) is 27.6. The first-order chi connectivity index (χ1) is 7.81. The molecule has 2 nitrogen and oxygen atoms in total. The molecule has 2 heteroatoms. The molecule has 0 aromatic rings. The third-order valence-electron chi connectivity index (χ3n) is 3.67. The molecular weight excluding hydrogens is 198 g/mol. The van der Waals surface area contributed by atoms with Crippen LogP contribution in [-0.4, -0.2) is 25.3 Å². The van der Waals surface area contributed by atoms with Crippen LogP contribution in [-0.2, 0) is 4.74 Å². The van der Waals surface area contributed by atoms with E-state index in [1.807, 2.05) is 13.2 Å². The summed E-state index contributed by atoms with van der Waals surface area (Å²) in [6.45, 7) is 6.05. The Kier molecular flexibility index (Phi) is 6.74. The van der Waals surface area contributed by atoms with E-state index in [0.717, 1.165) is 6.42 Å². The fourth-order valence-electron chi connectivity index (χ4n) is 2.60. The van der Waals surface area contributed by atoms with Crippen LogP contribution in [0.5, 0.6) is 0 Å². The zero-order valence-electron chi connectivity index (χ0n) is 10.9. The minimum absolute atomic E-state index is 0.423. The number of methoxy groups -OCH3 is 1. The number of hydrogen-bond donors (Lipinski definition) is 1. The second kappa shape index (κ2) is 7.86. The topological polar surface area (TPSA) is 21.3 Å². The number of hydrogen-bond acceptors (Lipinski definition) is 2. The van der Waals surface area contributed by atoms with E-state index in [1.54, 1.807) is 0 Å². The molecule has 0 spiro atoms. The zero-order valence-corrected chi connectivity index (χ0v) is 10.9. The van der Waals surface area contributed by atoms with E-state index in [1.165, 1.54) is 38.5 Å². The van der Waals surface area contributed by atoms with Crippen molar-refractivity contribution in [1.29, 1.82) is 0 Å². The Morgan fingerprint density at radius 3 is 2.81 bits per heavy atom. The van der Waals surface area contributed by atoms with Crippen LogP contribution < -0.4 is 5.32 Å². The molecule has 16 heavy (non-hydrogen) atoms. The van der Waals surface area contributed by atoms with Crippen LogP contribution in [0.4, 0.5) is 0 Å². The minimum Gasteiger partial charge on any atom is -0.380 e. The summed E-state index contributed by atoms with van der Waals surface area (Å²) in [5, 5.41) is 3.77. The summed E-state index contributed by atoms with van der Waals surface area (Å²) in [4.78, 5) is 0. The molecule has 0 aromatic carbocycles. The van der Waals surface area contributed by atoms with Crippen molar-refractivity contribution in [2.24, 2.45) is 0 Å². The second-order valence-electron chi connectivity index (χ2n) is 4.80. The van der Waals surface area contributed by atoms with Gasteiger partial charge >= 0.3 is 0 Å². The largest absolute Gasteiger partial charge is 0.380 e. The zero-order chi connectivity index (χ0) is 11.8. The quantitative estimate of drug-likeness (QED) is 0.671. The predicted molar refractivity (Wildman–Crippen MR) is 69.7 cm³/mol. The maximum atomic E-state index is 5.57. The molecular formula is C14H27NO. The Hall–Kier alpha value is -0.340. The van der Waals surface area contributed by atoms with Crippen molar-refractivity contribution in [3.05, 3.63) is 12.7 Å². The molecule has 0 heterocycles. The van der Waals surface area contributed by atoms with E-state index in [4.69, 9.17) is 4.74 Å². The van der Waals surface area contributed by atoms with Crippen molar-refractivity contribution in [2.45, 2.75) is 70.1 Å². The van der Waals surface area contributed by atoms with Crippen LogP contribution in [0.2, 0.25) is 0 Å². The van der Waals surface area contributed by atoms with E-state index in [2.05, 4.69) is 18.8 Å². The summed E-state index contributed by atoms with van der Waals surface area (Å²) in [7, 11) is 1.84. The van der Waals surface area contributed by atoms with Crippen LogP contribution in [0.3, 0.4) is 0 Å². The second-order valence-corrected chi connectivity index (χ2v) is 4.80. The minimum atomic E-state index is 0.423. The molecule has 1 fully saturated rings. The van der Waals surface area contributed by atoms with Gasteiger partial charge in [0.2, 0.25) is 0 Å². The van der Waals surface area contributed by atoms with Gasteiger partial charge in [0.25, 0.3) is 0 Å². The molecule has 0 aromatic heterocycles. The molecule has 3 atom stereocenters.